The number of hydrogen-bond acceptors (Lipinski definition) is 3. The van der Waals surface area contributed by atoms with Gasteiger partial charge in [-0.3, -0.25) is 4.79 Å². The number of anilines is 2. The van der Waals surface area contributed by atoms with Gasteiger partial charge in [-0.15, -0.1) is 0 Å². The molecular formula is C18H26FN3O. The first-order valence-corrected chi connectivity index (χ1v) is 8.47. The molecule has 1 amide bonds. The molecule has 1 aromatic rings. The Morgan fingerprint density at radius 1 is 1.30 bits per heavy atom. The van der Waals surface area contributed by atoms with Crippen LogP contribution in [0, 0.1) is 17.7 Å². The van der Waals surface area contributed by atoms with E-state index < -0.39 is 0 Å². The van der Waals surface area contributed by atoms with Gasteiger partial charge in [0.15, 0.2) is 0 Å². The molecule has 1 aliphatic carbocycles. The second-order valence-electron chi connectivity index (χ2n) is 7.16. The van der Waals surface area contributed by atoms with Gasteiger partial charge in [-0.2, -0.15) is 0 Å². The zero-order chi connectivity index (χ0) is 16.6. The zero-order valence-corrected chi connectivity index (χ0v) is 14.2. The van der Waals surface area contributed by atoms with Crippen LogP contribution in [0.15, 0.2) is 18.2 Å². The Hall–Kier alpha value is -1.62. The first-order chi connectivity index (χ1) is 11.0. The van der Waals surface area contributed by atoms with Crippen LogP contribution in [0.1, 0.15) is 26.2 Å². The van der Waals surface area contributed by atoms with Crippen LogP contribution in [0.3, 0.4) is 0 Å². The average Bonchev–Trinajstić information content (AvgIpc) is 3.25. The highest BCUT2D eigenvalue weighted by Crippen LogP contribution is 2.38. The molecule has 2 atom stereocenters. The standard InChI is InChI=1S/C18H26FN3O/c1-12-10-15(12)18(23)20-13-4-5-17(16(19)11-13)22-8-6-14(7-9-22)21(2)3/h4-5,11-12,14-15H,6-10H2,1-3H3,(H,20,23)/t12-,15-/m1/s1. The third kappa shape index (κ3) is 3.66. The second kappa shape index (κ2) is 6.48. The maximum absolute atomic E-state index is 14.4. The van der Waals surface area contributed by atoms with Gasteiger partial charge in [-0.05, 0) is 57.5 Å². The number of benzene rings is 1. The number of piperidine rings is 1. The van der Waals surface area contributed by atoms with Crippen molar-refractivity contribution in [1.82, 2.24) is 4.90 Å². The monoisotopic (exact) mass is 319 g/mol. The molecule has 0 bridgehead atoms. The topological polar surface area (TPSA) is 35.6 Å². The molecule has 0 aromatic heterocycles. The van der Waals surface area contributed by atoms with Gasteiger partial charge in [0.25, 0.3) is 0 Å². The summed E-state index contributed by atoms with van der Waals surface area (Å²) in [5.74, 6) is 0.311. The minimum Gasteiger partial charge on any atom is -0.369 e. The van der Waals surface area contributed by atoms with Crippen molar-refractivity contribution < 1.29 is 9.18 Å². The van der Waals surface area contributed by atoms with E-state index in [1.807, 2.05) is 0 Å². The molecule has 1 N–H and O–H groups in total. The molecule has 23 heavy (non-hydrogen) atoms. The third-order valence-corrected chi connectivity index (χ3v) is 5.20. The van der Waals surface area contributed by atoms with Gasteiger partial charge in [0.2, 0.25) is 5.91 Å². The predicted octanol–water partition coefficient (Wildman–Crippen LogP) is 2.95. The molecule has 1 aromatic carbocycles. The summed E-state index contributed by atoms with van der Waals surface area (Å²) in [6.45, 7) is 3.79. The van der Waals surface area contributed by atoms with Gasteiger partial charge in [0, 0.05) is 30.7 Å². The molecule has 4 nitrogen and oxygen atoms in total. The molecule has 0 radical (unpaired) electrons. The van der Waals surface area contributed by atoms with Crippen molar-refractivity contribution in [2.24, 2.45) is 11.8 Å². The van der Waals surface area contributed by atoms with E-state index >= 15 is 0 Å². The number of rotatable bonds is 4. The van der Waals surface area contributed by atoms with Crippen molar-refractivity contribution in [2.45, 2.75) is 32.2 Å². The first kappa shape index (κ1) is 16.2. The van der Waals surface area contributed by atoms with E-state index in [9.17, 15) is 9.18 Å². The van der Waals surface area contributed by atoms with E-state index in [1.165, 1.54) is 6.07 Å². The fraction of sp³-hybridized carbons (Fsp3) is 0.611. The quantitative estimate of drug-likeness (QED) is 0.927. The molecule has 1 heterocycles. The molecule has 2 fully saturated rings. The highest BCUT2D eigenvalue weighted by atomic mass is 19.1. The summed E-state index contributed by atoms with van der Waals surface area (Å²) < 4.78 is 14.4. The number of nitrogens with one attached hydrogen (secondary N) is 1. The fourth-order valence-corrected chi connectivity index (χ4v) is 3.39. The molecule has 1 saturated carbocycles. The van der Waals surface area contributed by atoms with Crippen molar-refractivity contribution in [3.63, 3.8) is 0 Å². The van der Waals surface area contributed by atoms with Crippen LogP contribution in [-0.2, 0) is 4.79 Å². The number of amides is 1. The lowest BCUT2D eigenvalue weighted by atomic mass is 10.0. The fourth-order valence-electron chi connectivity index (χ4n) is 3.39. The van der Waals surface area contributed by atoms with Crippen molar-refractivity contribution in [1.29, 1.82) is 0 Å². The normalized spacial score (nSPS) is 24.8. The summed E-state index contributed by atoms with van der Waals surface area (Å²) in [5, 5.41) is 2.82. The molecular weight excluding hydrogens is 293 g/mol. The van der Waals surface area contributed by atoms with Gasteiger partial charge in [-0.1, -0.05) is 6.92 Å². The Bertz CT molecular complexity index is 582. The number of nitrogens with zero attached hydrogens (tertiary/aromatic N) is 2. The Balaban J connectivity index is 1.62. The van der Waals surface area contributed by atoms with Gasteiger partial charge in [0.05, 0.1) is 5.69 Å². The van der Waals surface area contributed by atoms with Crippen molar-refractivity contribution in [3.8, 4) is 0 Å². The molecule has 0 spiro atoms. The number of carbonyl (C=O) groups is 1. The summed E-state index contributed by atoms with van der Waals surface area (Å²) in [6.07, 6.45) is 3.03. The molecule has 1 saturated heterocycles. The van der Waals surface area contributed by atoms with Gasteiger partial charge in [0.1, 0.15) is 5.82 Å². The van der Waals surface area contributed by atoms with E-state index in [-0.39, 0.29) is 17.6 Å². The van der Waals surface area contributed by atoms with Gasteiger partial charge in [-0.25, -0.2) is 4.39 Å². The van der Waals surface area contributed by atoms with E-state index in [0.29, 0.717) is 23.3 Å². The molecule has 126 valence electrons. The van der Waals surface area contributed by atoms with Crippen LogP contribution in [0.4, 0.5) is 15.8 Å². The highest BCUT2D eigenvalue weighted by molar-refractivity contribution is 5.94. The summed E-state index contributed by atoms with van der Waals surface area (Å²) in [7, 11) is 4.19. The lowest BCUT2D eigenvalue weighted by Gasteiger charge is -2.36. The van der Waals surface area contributed by atoms with Crippen molar-refractivity contribution in [3.05, 3.63) is 24.0 Å². The van der Waals surface area contributed by atoms with Crippen LogP contribution >= 0.6 is 0 Å². The predicted molar refractivity (Wildman–Crippen MR) is 91.2 cm³/mol. The molecule has 3 rings (SSSR count). The van der Waals surface area contributed by atoms with E-state index in [0.717, 1.165) is 32.4 Å². The van der Waals surface area contributed by atoms with E-state index in [4.69, 9.17) is 0 Å². The zero-order valence-electron chi connectivity index (χ0n) is 14.2. The Morgan fingerprint density at radius 2 is 1.96 bits per heavy atom. The number of hydrogen-bond donors (Lipinski definition) is 1. The Morgan fingerprint density at radius 3 is 2.48 bits per heavy atom. The lowest BCUT2D eigenvalue weighted by Crippen LogP contribution is -2.42. The number of halogens is 1. The minimum atomic E-state index is -0.255. The summed E-state index contributed by atoms with van der Waals surface area (Å²) >= 11 is 0. The summed E-state index contributed by atoms with van der Waals surface area (Å²) in [6, 6.07) is 5.62. The van der Waals surface area contributed by atoms with E-state index in [1.54, 1.807) is 12.1 Å². The van der Waals surface area contributed by atoms with Crippen LogP contribution in [0.25, 0.3) is 0 Å². The summed E-state index contributed by atoms with van der Waals surface area (Å²) in [4.78, 5) is 16.3. The van der Waals surface area contributed by atoms with Gasteiger partial charge >= 0.3 is 0 Å². The Labute approximate surface area is 137 Å². The molecule has 0 unspecified atom stereocenters. The Kier molecular flexibility index (Phi) is 4.57. The van der Waals surface area contributed by atoms with E-state index in [2.05, 4.69) is 36.1 Å². The first-order valence-electron chi connectivity index (χ1n) is 8.47. The highest BCUT2D eigenvalue weighted by Gasteiger charge is 2.39. The maximum atomic E-state index is 14.4. The number of carbonyl (C=O) groups excluding carboxylic acids is 1. The second-order valence-corrected chi connectivity index (χ2v) is 7.16. The summed E-state index contributed by atoms with van der Waals surface area (Å²) in [5.41, 5.74) is 1.19. The van der Waals surface area contributed by atoms with Crippen molar-refractivity contribution >= 4 is 17.3 Å². The lowest BCUT2D eigenvalue weighted by molar-refractivity contribution is -0.117. The van der Waals surface area contributed by atoms with Crippen LogP contribution in [0.2, 0.25) is 0 Å². The van der Waals surface area contributed by atoms with Crippen LogP contribution in [-0.4, -0.2) is 44.0 Å². The average molecular weight is 319 g/mol. The molecule has 5 heteroatoms. The largest absolute Gasteiger partial charge is 0.369 e. The van der Waals surface area contributed by atoms with Crippen LogP contribution < -0.4 is 10.2 Å². The maximum Gasteiger partial charge on any atom is 0.227 e. The van der Waals surface area contributed by atoms with Gasteiger partial charge < -0.3 is 15.1 Å². The smallest absolute Gasteiger partial charge is 0.227 e. The molecule has 2 aliphatic rings. The third-order valence-electron chi connectivity index (χ3n) is 5.20. The van der Waals surface area contributed by atoms with Crippen LogP contribution in [0.5, 0.6) is 0 Å². The molecule has 1 aliphatic heterocycles. The van der Waals surface area contributed by atoms with Crippen molar-refractivity contribution in [2.75, 3.05) is 37.4 Å². The SMILES string of the molecule is C[C@@H]1C[C@H]1C(=O)Nc1ccc(N2CCC(N(C)C)CC2)c(F)c1. The minimum absolute atomic E-state index is 0.0106.